The van der Waals surface area contributed by atoms with Crippen LogP contribution in [-0.2, 0) is 57.5 Å². The summed E-state index contributed by atoms with van der Waals surface area (Å²) >= 11 is 0. The van der Waals surface area contributed by atoms with Crippen molar-refractivity contribution in [3.05, 3.63) is 0 Å². The van der Waals surface area contributed by atoms with Crippen LogP contribution in [-0.4, -0.2) is 135 Å². The van der Waals surface area contributed by atoms with E-state index in [9.17, 15) is 62.6 Å². The highest BCUT2D eigenvalue weighted by molar-refractivity contribution is 5.97. The van der Waals surface area contributed by atoms with Gasteiger partial charge in [-0.1, -0.05) is 27.7 Å². The predicted molar refractivity (Wildman–Crippen MR) is 242 cm³/mol. The molecule has 0 spiro atoms. The minimum atomic E-state index is -1.18. The zero-order valence-corrected chi connectivity index (χ0v) is 40.0. The molecule has 0 bridgehead atoms. The van der Waals surface area contributed by atoms with Gasteiger partial charge in [0, 0.05) is 88.6 Å². The lowest BCUT2D eigenvalue weighted by atomic mass is 9.88. The standard InChI is InChI=1S/C47H74N6O14/c1-26(2)18-31(47(67)51-28(5)38(57)12-15-44(63)53-17-7-8-37(53)41(60)21-30(29(6)54)9-16-45(64)65)20-33(55)25-50-46(66)32(19-27(3)4)22-40(59)35(10-13-42(48)61)52-43(62)14-11-39(58)36-23-34(56)24-49-36/h26-28,30-32,34-37,49,56H,7-25H2,1-6H3,(H2,48,61)(H,50,66)(H,51,67)(H,52,62)(H,64,65)/t28-,30+,31+,32+,34+,35-,36-,37-/m0/s1. The lowest BCUT2D eigenvalue weighted by Gasteiger charge is -2.25. The van der Waals surface area contributed by atoms with Crippen LogP contribution in [0.3, 0.4) is 0 Å². The number of ketones is 6. The largest absolute Gasteiger partial charge is 0.481 e. The molecular formula is C47H74N6O14. The molecule has 20 nitrogen and oxygen atoms in total. The molecule has 0 aliphatic carbocycles. The fourth-order valence-electron chi connectivity index (χ4n) is 8.53. The quantitative estimate of drug-likeness (QED) is 0.0484. The smallest absolute Gasteiger partial charge is 0.303 e. The van der Waals surface area contributed by atoms with Gasteiger partial charge >= 0.3 is 5.97 Å². The number of Topliss-reactive ketones (excluding diaryl/α,β-unsaturated/α-hetero) is 6. The molecule has 2 fully saturated rings. The number of aliphatic hydroxyl groups excluding tert-OH is 1. The van der Waals surface area contributed by atoms with E-state index in [1.807, 2.05) is 27.7 Å². The number of hydrogen-bond acceptors (Lipinski definition) is 14. The molecule has 0 aromatic heterocycles. The number of likely N-dealkylation sites (tertiary alicyclic amines) is 1. The first-order valence-corrected chi connectivity index (χ1v) is 23.6. The lowest BCUT2D eigenvalue weighted by Crippen LogP contribution is -2.45. The molecule has 0 radical (unpaired) electrons. The molecule has 5 amide bonds. The van der Waals surface area contributed by atoms with Crippen molar-refractivity contribution in [2.75, 3.05) is 19.6 Å². The van der Waals surface area contributed by atoms with Crippen molar-refractivity contribution in [2.24, 2.45) is 35.3 Å². The number of amides is 5. The van der Waals surface area contributed by atoms with Gasteiger partial charge in [-0.3, -0.25) is 57.5 Å². The second-order valence-electron chi connectivity index (χ2n) is 19.1. The van der Waals surface area contributed by atoms with Crippen LogP contribution < -0.4 is 27.0 Å². The van der Waals surface area contributed by atoms with Gasteiger partial charge in [-0.05, 0) is 70.6 Å². The van der Waals surface area contributed by atoms with Gasteiger partial charge in [0.25, 0.3) is 0 Å². The summed E-state index contributed by atoms with van der Waals surface area (Å²) in [6.07, 6.45) is -1.28. The highest BCUT2D eigenvalue weighted by atomic mass is 16.4. The van der Waals surface area contributed by atoms with Crippen LogP contribution in [0.5, 0.6) is 0 Å². The fourth-order valence-corrected chi connectivity index (χ4v) is 8.53. The van der Waals surface area contributed by atoms with Crippen LogP contribution in [0.25, 0.3) is 0 Å². The average molecular weight is 947 g/mol. The molecule has 67 heavy (non-hydrogen) atoms. The third-order valence-corrected chi connectivity index (χ3v) is 12.2. The van der Waals surface area contributed by atoms with E-state index in [1.54, 1.807) is 0 Å². The van der Waals surface area contributed by atoms with Gasteiger partial charge in [0.2, 0.25) is 29.5 Å². The Morgan fingerprint density at radius 1 is 0.716 bits per heavy atom. The third kappa shape index (κ3) is 21.5. The molecular weight excluding hydrogens is 873 g/mol. The summed E-state index contributed by atoms with van der Waals surface area (Å²) in [4.78, 5) is 155. The number of rotatable bonds is 33. The minimum Gasteiger partial charge on any atom is -0.481 e. The number of carboxylic acid groups (broad SMARTS) is 1. The monoisotopic (exact) mass is 947 g/mol. The molecule has 0 aromatic carbocycles. The van der Waals surface area contributed by atoms with Crippen molar-refractivity contribution in [2.45, 2.75) is 175 Å². The molecule has 20 heteroatoms. The van der Waals surface area contributed by atoms with E-state index < -0.39 is 107 Å². The van der Waals surface area contributed by atoms with Crippen LogP contribution in [0.4, 0.5) is 0 Å². The number of nitrogens with two attached hydrogens (primary N) is 1. The Bertz CT molecular complexity index is 1820. The number of aliphatic hydroxyl groups is 1. The molecule has 0 unspecified atom stereocenters. The van der Waals surface area contributed by atoms with Crippen LogP contribution >= 0.6 is 0 Å². The Morgan fingerprint density at radius 2 is 1.36 bits per heavy atom. The Morgan fingerprint density at radius 3 is 1.93 bits per heavy atom. The van der Waals surface area contributed by atoms with Gasteiger partial charge < -0.3 is 42.1 Å². The lowest BCUT2D eigenvalue weighted by molar-refractivity contribution is -0.140. The van der Waals surface area contributed by atoms with Crippen LogP contribution in [0.2, 0.25) is 0 Å². The van der Waals surface area contributed by atoms with Crippen LogP contribution in [0.1, 0.15) is 144 Å². The molecule has 8 atom stereocenters. The van der Waals surface area contributed by atoms with Crippen LogP contribution in [0.15, 0.2) is 0 Å². The highest BCUT2D eigenvalue weighted by Gasteiger charge is 2.36. The van der Waals surface area contributed by atoms with E-state index in [-0.39, 0.29) is 132 Å². The number of carboxylic acids is 1. The van der Waals surface area contributed by atoms with Gasteiger partial charge in [-0.2, -0.15) is 0 Å². The summed E-state index contributed by atoms with van der Waals surface area (Å²) in [7, 11) is 0. The number of aliphatic carboxylic acids is 1. The zero-order chi connectivity index (χ0) is 50.5. The summed E-state index contributed by atoms with van der Waals surface area (Å²) in [5.74, 6) is -9.09. The van der Waals surface area contributed by atoms with Crippen molar-refractivity contribution in [3.8, 4) is 0 Å². The maximum absolute atomic E-state index is 13.6. The summed E-state index contributed by atoms with van der Waals surface area (Å²) in [6, 6.07) is -3.57. The minimum absolute atomic E-state index is 0.00870. The van der Waals surface area contributed by atoms with Crippen molar-refractivity contribution in [1.29, 1.82) is 0 Å². The number of carbonyl (C=O) groups is 12. The van der Waals surface area contributed by atoms with E-state index >= 15 is 0 Å². The van der Waals surface area contributed by atoms with Crippen molar-refractivity contribution >= 4 is 70.2 Å². The number of hydrogen-bond donors (Lipinski definition) is 7. The topological polar surface area (TPSA) is 323 Å². The Balaban J connectivity index is 1.98. The summed E-state index contributed by atoms with van der Waals surface area (Å²) in [5, 5.41) is 29.4. The predicted octanol–water partition coefficient (Wildman–Crippen LogP) is 1.04. The van der Waals surface area contributed by atoms with E-state index in [2.05, 4.69) is 21.3 Å². The zero-order valence-electron chi connectivity index (χ0n) is 40.0. The molecule has 2 aliphatic heterocycles. The number of nitrogens with one attached hydrogen (secondary N) is 4. The SMILES string of the molecule is CC(=O)[C@H](CCC(=O)O)CC(=O)[C@@H]1CCCN1C(=O)CCC(=O)[C@H](C)NC(=O)[C@@H](CC(=O)CNC(=O)[C@@H](CC(=O)[C@H](CCC(N)=O)NC(=O)CCC(=O)[C@@H]1C[C@@H](O)CN1)CC(C)C)CC(C)C. The Kier molecular flexibility index (Phi) is 24.9. The Hall–Kier alpha value is -5.24. The Labute approximate surface area is 392 Å². The van der Waals surface area contributed by atoms with Gasteiger partial charge in [-0.15, -0.1) is 0 Å². The highest BCUT2D eigenvalue weighted by Crippen LogP contribution is 2.25. The second-order valence-corrected chi connectivity index (χ2v) is 19.1. The number of nitrogens with zero attached hydrogens (tertiary/aromatic N) is 1. The maximum atomic E-state index is 13.6. The molecule has 0 aromatic rings. The van der Waals surface area contributed by atoms with Gasteiger partial charge in [0.1, 0.15) is 11.6 Å². The van der Waals surface area contributed by atoms with E-state index in [1.165, 1.54) is 18.7 Å². The summed E-state index contributed by atoms with van der Waals surface area (Å²) in [5.41, 5.74) is 5.32. The number of carbonyl (C=O) groups excluding carboxylic acids is 11. The van der Waals surface area contributed by atoms with Crippen LogP contribution in [0, 0.1) is 29.6 Å². The van der Waals surface area contributed by atoms with E-state index in [4.69, 9.17) is 10.8 Å². The number of β-amino-alcohol motifs (C(OH)–C–C–N with tert-alkyl or cyclic N) is 1. The molecule has 376 valence electrons. The number of primary amides is 1. The van der Waals surface area contributed by atoms with Gasteiger partial charge in [-0.25, -0.2) is 0 Å². The molecule has 2 aliphatic rings. The molecule has 2 heterocycles. The summed E-state index contributed by atoms with van der Waals surface area (Å²) < 4.78 is 0. The second kappa shape index (κ2) is 28.8. The van der Waals surface area contributed by atoms with Gasteiger partial charge in [0.05, 0.1) is 36.8 Å². The third-order valence-electron chi connectivity index (χ3n) is 12.2. The van der Waals surface area contributed by atoms with Crippen molar-refractivity contribution in [1.82, 2.24) is 26.2 Å². The normalized spacial score (nSPS) is 19.2. The fraction of sp³-hybridized carbons (Fsp3) is 0.745. The average Bonchev–Trinajstić information content (AvgIpc) is 3.92. The molecule has 8 N–H and O–H groups in total. The van der Waals surface area contributed by atoms with Crippen molar-refractivity contribution in [3.63, 3.8) is 0 Å². The van der Waals surface area contributed by atoms with E-state index in [0.717, 1.165) is 0 Å². The van der Waals surface area contributed by atoms with Crippen molar-refractivity contribution < 1.29 is 67.7 Å². The molecule has 2 rings (SSSR count). The maximum Gasteiger partial charge on any atom is 0.303 e. The molecule has 0 saturated carbocycles. The first kappa shape index (κ1) is 57.9. The first-order valence-electron chi connectivity index (χ1n) is 23.6. The van der Waals surface area contributed by atoms with E-state index in [0.29, 0.717) is 12.8 Å². The van der Waals surface area contributed by atoms with Gasteiger partial charge in [0.15, 0.2) is 23.1 Å². The summed E-state index contributed by atoms with van der Waals surface area (Å²) in [6.45, 7) is 10.2. The first-order chi connectivity index (χ1) is 31.4. The molecule has 2 saturated heterocycles.